The lowest BCUT2D eigenvalue weighted by atomic mass is 10.0. The van der Waals surface area contributed by atoms with E-state index >= 15 is 0 Å². The summed E-state index contributed by atoms with van der Waals surface area (Å²) in [7, 11) is -3.85. The largest absolute Gasteiger partial charge is 0.416 e. The third kappa shape index (κ3) is 5.00. The zero-order chi connectivity index (χ0) is 27.3. The smallest absolute Gasteiger partial charge is 0.350 e. The number of alkyl halides is 3. The lowest BCUT2D eigenvalue weighted by Gasteiger charge is -2.34. The van der Waals surface area contributed by atoms with Gasteiger partial charge < -0.3 is 10.2 Å². The number of likely N-dealkylation sites (tertiary alicyclic amines) is 1. The fraction of sp³-hybridized carbons (Fsp3) is 0.423. The van der Waals surface area contributed by atoms with Gasteiger partial charge in [0.2, 0.25) is 15.9 Å². The second kappa shape index (κ2) is 9.39. The minimum Gasteiger partial charge on any atom is -0.350 e. The van der Waals surface area contributed by atoms with Gasteiger partial charge in [-0.05, 0) is 60.6 Å². The number of hydrogen-bond donors (Lipinski definition) is 1. The number of benzene rings is 2. The van der Waals surface area contributed by atoms with Crippen LogP contribution in [-0.4, -0.2) is 55.1 Å². The molecule has 1 saturated carbocycles. The number of halogens is 3. The number of carbonyl (C=O) groups excluding carboxylic acids is 2. The van der Waals surface area contributed by atoms with Gasteiger partial charge in [0.15, 0.2) is 0 Å². The van der Waals surface area contributed by atoms with Crippen molar-refractivity contribution in [3.05, 3.63) is 65.2 Å². The van der Waals surface area contributed by atoms with Gasteiger partial charge in [-0.15, -0.1) is 0 Å². The fourth-order valence-electron chi connectivity index (χ4n) is 4.98. The molecule has 1 N–H and O–H groups in total. The fourth-order valence-corrected chi connectivity index (χ4v) is 6.56. The molecule has 2 aliphatic heterocycles. The van der Waals surface area contributed by atoms with Gasteiger partial charge in [0.05, 0.1) is 22.4 Å². The SMILES string of the molecule is N#CC1CN(S(=O)(=O)c2cccc(C(=O)N3CC4(CC4)C[C@@H]3C(=O)NCc3ccc(C(F)(F)F)cc3)c2)C1. The number of hydrogen-bond acceptors (Lipinski definition) is 5. The number of rotatable bonds is 6. The number of carbonyl (C=O) groups is 2. The maximum atomic E-state index is 13.5. The van der Waals surface area contributed by atoms with Gasteiger partial charge in [0.25, 0.3) is 5.91 Å². The molecule has 0 unspecified atom stereocenters. The van der Waals surface area contributed by atoms with Gasteiger partial charge in [0, 0.05) is 31.7 Å². The van der Waals surface area contributed by atoms with Gasteiger partial charge in [0.1, 0.15) is 6.04 Å². The van der Waals surface area contributed by atoms with Crippen LogP contribution < -0.4 is 5.32 Å². The maximum Gasteiger partial charge on any atom is 0.416 e. The Morgan fingerprint density at radius 2 is 1.79 bits per heavy atom. The Morgan fingerprint density at radius 1 is 1.11 bits per heavy atom. The molecule has 8 nitrogen and oxygen atoms in total. The molecule has 3 fully saturated rings. The molecule has 0 bridgehead atoms. The van der Waals surface area contributed by atoms with E-state index in [1.165, 1.54) is 45.6 Å². The van der Waals surface area contributed by atoms with Crippen molar-refractivity contribution >= 4 is 21.8 Å². The number of nitrogens with one attached hydrogen (secondary N) is 1. The van der Waals surface area contributed by atoms with Crippen LogP contribution in [0, 0.1) is 22.7 Å². The third-order valence-corrected chi connectivity index (χ3v) is 9.35. The lowest BCUT2D eigenvalue weighted by Crippen LogP contribution is -2.49. The first-order valence-electron chi connectivity index (χ1n) is 12.2. The molecule has 5 rings (SSSR count). The van der Waals surface area contributed by atoms with Crippen molar-refractivity contribution < 1.29 is 31.2 Å². The van der Waals surface area contributed by atoms with E-state index in [1.807, 2.05) is 6.07 Å². The summed E-state index contributed by atoms with van der Waals surface area (Å²) in [4.78, 5) is 28.0. The van der Waals surface area contributed by atoms with Crippen LogP contribution in [-0.2, 0) is 27.5 Å². The zero-order valence-electron chi connectivity index (χ0n) is 20.2. The second-order valence-electron chi connectivity index (χ2n) is 10.2. The van der Waals surface area contributed by atoms with Gasteiger partial charge >= 0.3 is 6.18 Å². The summed E-state index contributed by atoms with van der Waals surface area (Å²) < 4.78 is 65.4. The highest BCUT2D eigenvalue weighted by Gasteiger charge is 2.55. The van der Waals surface area contributed by atoms with Crippen molar-refractivity contribution in [1.29, 1.82) is 5.26 Å². The zero-order valence-corrected chi connectivity index (χ0v) is 21.1. The molecular formula is C26H25F3N4O4S. The number of sulfonamides is 1. The van der Waals surface area contributed by atoms with Crippen LogP contribution in [0.5, 0.6) is 0 Å². The van der Waals surface area contributed by atoms with E-state index in [9.17, 15) is 31.2 Å². The molecule has 2 aromatic rings. The molecule has 3 aliphatic rings. The Hall–Kier alpha value is -3.43. The topological polar surface area (TPSA) is 111 Å². The van der Waals surface area contributed by atoms with Crippen LogP contribution >= 0.6 is 0 Å². The number of amides is 2. The Labute approximate surface area is 218 Å². The molecule has 1 spiro atoms. The van der Waals surface area contributed by atoms with Gasteiger partial charge in [-0.1, -0.05) is 18.2 Å². The summed E-state index contributed by atoms with van der Waals surface area (Å²) in [5.74, 6) is -1.22. The summed E-state index contributed by atoms with van der Waals surface area (Å²) >= 11 is 0. The number of nitrogens with zero attached hydrogens (tertiary/aromatic N) is 3. The average Bonchev–Trinajstić information content (AvgIpc) is 3.50. The summed E-state index contributed by atoms with van der Waals surface area (Å²) in [6.45, 7) is 0.590. The van der Waals surface area contributed by atoms with Crippen LogP contribution in [0.15, 0.2) is 53.4 Å². The minimum absolute atomic E-state index is 0.00968. The molecule has 2 heterocycles. The molecule has 200 valence electrons. The molecule has 1 aliphatic carbocycles. The number of nitriles is 1. The molecule has 2 amide bonds. The summed E-state index contributed by atoms with van der Waals surface area (Å²) in [6, 6.07) is 11.4. The highest BCUT2D eigenvalue weighted by molar-refractivity contribution is 7.89. The molecule has 0 aromatic heterocycles. The standard InChI is InChI=1S/C26H25F3N4O4S/c27-26(28,29)20-6-4-17(5-7-20)13-31-23(34)22-11-25(8-9-25)16-33(22)24(35)19-2-1-3-21(10-19)38(36,37)32-14-18(12-30)15-32/h1-7,10,18,22H,8-9,11,13-16H2,(H,31,34)/t22-/m1/s1. The molecule has 1 atom stereocenters. The predicted octanol–water partition coefficient (Wildman–Crippen LogP) is 3.16. The van der Waals surface area contributed by atoms with E-state index in [0.29, 0.717) is 18.5 Å². The van der Waals surface area contributed by atoms with Crippen LogP contribution in [0.1, 0.15) is 40.7 Å². The van der Waals surface area contributed by atoms with Gasteiger partial charge in [-0.2, -0.15) is 22.7 Å². The van der Waals surface area contributed by atoms with Crippen LogP contribution in [0.25, 0.3) is 0 Å². The molecular weight excluding hydrogens is 521 g/mol. The second-order valence-corrected chi connectivity index (χ2v) is 12.2. The Morgan fingerprint density at radius 3 is 2.39 bits per heavy atom. The van der Waals surface area contributed by atoms with E-state index in [2.05, 4.69) is 5.32 Å². The molecule has 0 radical (unpaired) electrons. The van der Waals surface area contributed by atoms with Crippen LogP contribution in [0.3, 0.4) is 0 Å². The predicted molar refractivity (Wildman–Crippen MR) is 129 cm³/mol. The lowest BCUT2D eigenvalue weighted by molar-refractivity contribution is -0.137. The first-order valence-corrected chi connectivity index (χ1v) is 13.6. The molecule has 38 heavy (non-hydrogen) atoms. The van der Waals surface area contributed by atoms with E-state index in [4.69, 9.17) is 5.26 Å². The van der Waals surface area contributed by atoms with Crippen molar-refractivity contribution in [2.75, 3.05) is 19.6 Å². The van der Waals surface area contributed by atoms with Crippen molar-refractivity contribution in [2.24, 2.45) is 11.3 Å². The Balaban J connectivity index is 1.29. The first-order chi connectivity index (χ1) is 17.9. The summed E-state index contributed by atoms with van der Waals surface area (Å²) in [6.07, 6.45) is -2.22. The van der Waals surface area contributed by atoms with Crippen molar-refractivity contribution in [3.8, 4) is 6.07 Å². The van der Waals surface area contributed by atoms with Gasteiger partial charge in [-0.3, -0.25) is 9.59 Å². The minimum atomic E-state index is -4.45. The molecule has 2 aromatic carbocycles. The van der Waals surface area contributed by atoms with Crippen molar-refractivity contribution in [3.63, 3.8) is 0 Å². The van der Waals surface area contributed by atoms with E-state index in [-0.39, 0.29) is 41.4 Å². The summed E-state index contributed by atoms with van der Waals surface area (Å²) in [5, 5.41) is 11.7. The third-order valence-electron chi connectivity index (χ3n) is 7.53. The normalized spacial score (nSPS) is 21.1. The first kappa shape index (κ1) is 26.2. The quantitative estimate of drug-likeness (QED) is 0.599. The van der Waals surface area contributed by atoms with Gasteiger partial charge in [-0.25, -0.2) is 8.42 Å². The highest BCUT2D eigenvalue weighted by atomic mass is 32.2. The highest BCUT2D eigenvalue weighted by Crippen LogP contribution is 2.55. The monoisotopic (exact) mass is 546 g/mol. The maximum absolute atomic E-state index is 13.5. The van der Waals surface area contributed by atoms with E-state index in [0.717, 1.165) is 25.0 Å². The van der Waals surface area contributed by atoms with Crippen molar-refractivity contribution in [2.45, 2.75) is 42.9 Å². The average molecular weight is 547 g/mol. The van der Waals surface area contributed by atoms with Crippen molar-refractivity contribution in [1.82, 2.24) is 14.5 Å². The molecule has 2 saturated heterocycles. The Kier molecular flexibility index (Phi) is 6.47. The summed E-state index contributed by atoms with van der Waals surface area (Å²) in [5.41, 5.74) is -0.286. The Bertz CT molecular complexity index is 1410. The molecule has 12 heteroatoms. The van der Waals surface area contributed by atoms with Crippen LogP contribution in [0.2, 0.25) is 0 Å². The van der Waals surface area contributed by atoms with E-state index in [1.54, 1.807) is 0 Å². The van der Waals surface area contributed by atoms with Crippen LogP contribution in [0.4, 0.5) is 13.2 Å². The van der Waals surface area contributed by atoms with E-state index < -0.39 is 39.6 Å².